The molecule has 1 aliphatic rings. The largest absolute Gasteiger partial charge is 0.489 e. The van der Waals surface area contributed by atoms with Crippen molar-refractivity contribution < 1.29 is 9.47 Å². The van der Waals surface area contributed by atoms with Gasteiger partial charge in [0.1, 0.15) is 12.4 Å². The summed E-state index contributed by atoms with van der Waals surface area (Å²) in [4.78, 5) is 2.37. The predicted octanol–water partition coefficient (Wildman–Crippen LogP) is 1.80. The Kier molecular flexibility index (Phi) is 5.59. The van der Waals surface area contributed by atoms with Crippen LogP contribution in [0.5, 0.6) is 5.75 Å². The van der Waals surface area contributed by atoms with Crippen LogP contribution in [0.4, 0.5) is 0 Å². The van der Waals surface area contributed by atoms with E-state index in [1.54, 1.807) is 6.08 Å². The lowest BCUT2D eigenvalue weighted by molar-refractivity contribution is -0.0405. The lowest BCUT2D eigenvalue weighted by Crippen LogP contribution is -2.49. The zero-order chi connectivity index (χ0) is 14.4. The van der Waals surface area contributed by atoms with Crippen LogP contribution in [0.3, 0.4) is 0 Å². The third-order valence-electron chi connectivity index (χ3n) is 3.49. The molecule has 0 radical (unpaired) electrons. The van der Waals surface area contributed by atoms with Gasteiger partial charge in [0.05, 0.1) is 12.7 Å². The van der Waals surface area contributed by atoms with E-state index in [4.69, 9.17) is 15.2 Å². The van der Waals surface area contributed by atoms with Crippen molar-refractivity contribution in [3.8, 4) is 5.75 Å². The summed E-state index contributed by atoms with van der Waals surface area (Å²) in [6, 6.07) is 8.20. The van der Waals surface area contributed by atoms with Gasteiger partial charge in [0, 0.05) is 31.2 Å². The maximum absolute atomic E-state index is 5.93. The number of hydrogen-bond acceptors (Lipinski definition) is 4. The Morgan fingerprint density at radius 3 is 3.10 bits per heavy atom. The molecule has 0 spiro atoms. The van der Waals surface area contributed by atoms with E-state index >= 15 is 0 Å². The van der Waals surface area contributed by atoms with Gasteiger partial charge in [-0.1, -0.05) is 30.9 Å². The van der Waals surface area contributed by atoms with Gasteiger partial charge in [-0.15, -0.1) is 0 Å². The number of morpholine rings is 1. The van der Waals surface area contributed by atoms with E-state index in [1.807, 2.05) is 25.1 Å². The van der Waals surface area contributed by atoms with Gasteiger partial charge >= 0.3 is 0 Å². The lowest BCUT2D eigenvalue weighted by Gasteiger charge is -2.35. The molecule has 20 heavy (non-hydrogen) atoms. The summed E-state index contributed by atoms with van der Waals surface area (Å²) in [7, 11) is 0. The van der Waals surface area contributed by atoms with Crippen molar-refractivity contribution in [3.63, 3.8) is 0 Å². The predicted molar refractivity (Wildman–Crippen MR) is 80.8 cm³/mol. The van der Waals surface area contributed by atoms with Crippen LogP contribution < -0.4 is 10.5 Å². The van der Waals surface area contributed by atoms with Gasteiger partial charge in [-0.2, -0.15) is 0 Å². The van der Waals surface area contributed by atoms with Crippen molar-refractivity contribution >= 4 is 0 Å². The topological polar surface area (TPSA) is 47.7 Å². The van der Waals surface area contributed by atoms with E-state index in [2.05, 4.69) is 17.5 Å². The molecule has 110 valence electrons. The molecular weight excluding hydrogens is 252 g/mol. The van der Waals surface area contributed by atoms with E-state index in [-0.39, 0.29) is 12.1 Å². The Labute approximate surface area is 121 Å². The maximum atomic E-state index is 5.93. The molecule has 2 unspecified atom stereocenters. The highest BCUT2D eigenvalue weighted by Gasteiger charge is 2.23. The summed E-state index contributed by atoms with van der Waals surface area (Å²) in [5.41, 5.74) is 7.13. The Bertz CT molecular complexity index is 434. The lowest BCUT2D eigenvalue weighted by atomic mass is 10.1. The molecule has 0 amide bonds. The quantitative estimate of drug-likeness (QED) is 0.805. The number of rotatable bonds is 6. The SMILES string of the molecule is C=CCOc1ccccc1CN1CCOC(C(C)N)C1. The summed E-state index contributed by atoms with van der Waals surface area (Å²) in [5, 5.41) is 0. The minimum absolute atomic E-state index is 0.0602. The molecule has 1 aromatic rings. The molecule has 0 bridgehead atoms. The fraction of sp³-hybridized carbons (Fsp3) is 0.500. The van der Waals surface area contributed by atoms with Gasteiger partial charge in [-0.25, -0.2) is 0 Å². The number of hydrogen-bond donors (Lipinski definition) is 1. The van der Waals surface area contributed by atoms with Crippen molar-refractivity contribution in [1.29, 1.82) is 0 Å². The molecule has 1 aromatic carbocycles. The molecule has 2 rings (SSSR count). The normalized spacial score (nSPS) is 21.4. The summed E-state index contributed by atoms with van der Waals surface area (Å²) >= 11 is 0. The standard InChI is InChI=1S/C16H24N2O2/c1-3-9-19-15-7-5-4-6-14(15)11-18-8-10-20-16(12-18)13(2)17/h3-7,13,16H,1,8-12,17H2,2H3. The average Bonchev–Trinajstić information content (AvgIpc) is 2.46. The molecule has 2 atom stereocenters. The molecular formula is C16H24N2O2. The van der Waals surface area contributed by atoms with Crippen molar-refractivity contribution in [1.82, 2.24) is 4.90 Å². The maximum Gasteiger partial charge on any atom is 0.124 e. The second-order valence-electron chi connectivity index (χ2n) is 5.21. The number of benzene rings is 1. The number of ether oxygens (including phenoxy) is 2. The fourth-order valence-corrected chi connectivity index (χ4v) is 2.36. The summed E-state index contributed by atoms with van der Waals surface area (Å²) in [5.74, 6) is 0.927. The molecule has 0 saturated carbocycles. The van der Waals surface area contributed by atoms with E-state index in [1.165, 1.54) is 5.56 Å². The van der Waals surface area contributed by atoms with Crippen molar-refractivity contribution in [2.24, 2.45) is 5.73 Å². The Hall–Kier alpha value is -1.36. The first-order valence-electron chi connectivity index (χ1n) is 7.12. The van der Waals surface area contributed by atoms with Gasteiger partial charge in [0.25, 0.3) is 0 Å². The highest BCUT2D eigenvalue weighted by molar-refractivity contribution is 5.33. The van der Waals surface area contributed by atoms with Crippen molar-refractivity contribution in [3.05, 3.63) is 42.5 Å². The minimum atomic E-state index is 0.0602. The Morgan fingerprint density at radius 1 is 1.55 bits per heavy atom. The molecule has 1 aliphatic heterocycles. The Balaban J connectivity index is 2.00. The van der Waals surface area contributed by atoms with Gasteiger partial charge in [0.2, 0.25) is 0 Å². The van der Waals surface area contributed by atoms with E-state index in [9.17, 15) is 0 Å². The van der Waals surface area contributed by atoms with Gasteiger partial charge < -0.3 is 15.2 Å². The molecule has 0 aliphatic carbocycles. The van der Waals surface area contributed by atoms with Crippen LogP contribution in [0.15, 0.2) is 36.9 Å². The second-order valence-corrected chi connectivity index (χ2v) is 5.21. The number of nitrogens with two attached hydrogens (primary N) is 1. The van der Waals surface area contributed by atoms with Crippen LogP contribution in [0.25, 0.3) is 0 Å². The highest BCUT2D eigenvalue weighted by atomic mass is 16.5. The van der Waals surface area contributed by atoms with Gasteiger partial charge in [-0.05, 0) is 13.0 Å². The van der Waals surface area contributed by atoms with Crippen LogP contribution in [0.2, 0.25) is 0 Å². The average molecular weight is 276 g/mol. The number of para-hydroxylation sites is 1. The van der Waals surface area contributed by atoms with Crippen LogP contribution in [0, 0.1) is 0 Å². The Morgan fingerprint density at radius 2 is 2.35 bits per heavy atom. The fourth-order valence-electron chi connectivity index (χ4n) is 2.36. The van der Waals surface area contributed by atoms with Gasteiger partial charge in [-0.3, -0.25) is 4.90 Å². The molecule has 4 heteroatoms. The van der Waals surface area contributed by atoms with Gasteiger partial charge in [0.15, 0.2) is 0 Å². The monoisotopic (exact) mass is 276 g/mol. The molecule has 4 nitrogen and oxygen atoms in total. The van der Waals surface area contributed by atoms with Crippen LogP contribution in [-0.4, -0.2) is 43.3 Å². The first-order valence-corrected chi connectivity index (χ1v) is 7.12. The molecule has 1 fully saturated rings. The zero-order valence-corrected chi connectivity index (χ0v) is 12.1. The summed E-state index contributed by atoms with van der Waals surface area (Å²) in [6.45, 7) is 9.61. The number of nitrogens with zero attached hydrogens (tertiary/aromatic N) is 1. The summed E-state index contributed by atoms with van der Waals surface area (Å²) in [6.07, 6.45) is 1.88. The van der Waals surface area contributed by atoms with Crippen LogP contribution in [0.1, 0.15) is 12.5 Å². The smallest absolute Gasteiger partial charge is 0.124 e. The van der Waals surface area contributed by atoms with E-state index in [0.29, 0.717) is 6.61 Å². The summed E-state index contributed by atoms with van der Waals surface area (Å²) < 4.78 is 11.4. The van der Waals surface area contributed by atoms with Crippen molar-refractivity contribution in [2.75, 3.05) is 26.3 Å². The minimum Gasteiger partial charge on any atom is -0.489 e. The molecule has 1 heterocycles. The third-order valence-corrected chi connectivity index (χ3v) is 3.49. The first kappa shape index (κ1) is 15.0. The second kappa shape index (κ2) is 7.43. The zero-order valence-electron chi connectivity index (χ0n) is 12.1. The van der Waals surface area contributed by atoms with Crippen LogP contribution in [-0.2, 0) is 11.3 Å². The molecule has 0 aromatic heterocycles. The third kappa shape index (κ3) is 4.07. The molecule has 1 saturated heterocycles. The molecule has 2 N–H and O–H groups in total. The highest BCUT2D eigenvalue weighted by Crippen LogP contribution is 2.21. The van der Waals surface area contributed by atoms with E-state index in [0.717, 1.165) is 32.0 Å². The van der Waals surface area contributed by atoms with Crippen molar-refractivity contribution in [2.45, 2.75) is 25.6 Å². The first-order chi connectivity index (χ1) is 9.70. The van der Waals surface area contributed by atoms with Crippen LogP contribution >= 0.6 is 0 Å². The van der Waals surface area contributed by atoms with E-state index < -0.39 is 0 Å².